The first kappa shape index (κ1) is 13.5. The average molecular weight is 263 g/mol. The van der Waals surface area contributed by atoms with Crippen molar-refractivity contribution in [1.29, 1.82) is 0 Å². The molecule has 2 N–H and O–H groups in total. The molecule has 0 aliphatic heterocycles. The van der Waals surface area contributed by atoms with E-state index in [0.717, 1.165) is 13.0 Å². The van der Waals surface area contributed by atoms with Crippen molar-refractivity contribution in [2.24, 2.45) is 5.73 Å². The summed E-state index contributed by atoms with van der Waals surface area (Å²) in [6, 6.07) is 4.05. The minimum absolute atomic E-state index is 0.295. The van der Waals surface area contributed by atoms with E-state index in [9.17, 15) is 4.39 Å². The zero-order chi connectivity index (χ0) is 13.8. The Labute approximate surface area is 112 Å². The van der Waals surface area contributed by atoms with Crippen LogP contribution < -0.4 is 10.5 Å². The van der Waals surface area contributed by atoms with Crippen molar-refractivity contribution < 1.29 is 9.13 Å². The number of nitrogens with two attached hydrogens (primary N) is 1. The maximum absolute atomic E-state index is 13.2. The molecule has 2 rings (SSSR count). The second kappa shape index (κ2) is 5.84. The van der Waals surface area contributed by atoms with Gasteiger partial charge in [-0.2, -0.15) is 5.10 Å². The van der Waals surface area contributed by atoms with Crippen molar-refractivity contribution in [3.05, 3.63) is 42.0 Å². The molecule has 2 aromatic rings. The minimum atomic E-state index is -0.318. The van der Waals surface area contributed by atoms with Crippen molar-refractivity contribution >= 4 is 0 Å². The van der Waals surface area contributed by atoms with Gasteiger partial charge < -0.3 is 10.5 Å². The third-order valence-corrected chi connectivity index (χ3v) is 2.75. The smallest absolute Gasteiger partial charge is 0.165 e. The Bertz CT molecular complexity index is 551. The zero-order valence-corrected chi connectivity index (χ0v) is 11.1. The lowest BCUT2D eigenvalue weighted by molar-refractivity contribution is 0.467. The predicted molar refractivity (Wildman–Crippen MR) is 71.6 cm³/mol. The van der Waals surface area contributed by atoms with Crippen molar-refractivity contribution in [2.45, 2.75) is 32.9 Å². The first-order chi connectivity index (χ1) is 9.10. The molecule has 0 fully saturated rings. The van der Waals surface area contributed by atoms with E-state index in [-0.39, 0.29) is 11.9 Å². The average Bonchev–Trinajstić information content (AvgIpc) is 2.79. The van der Waals surface area contributed by atoms with Gasteiger partial charge in [0.2, 0.25) is 0 Å². The molecule has 0 unspecified atom stereocenters. The first-order valence-electron chi connectivity index (χ1n) is 6.35. The van der Waals surface area contributed by atoms with Gasteiger partial charge >= 0.3 is 0 Å². The number of rotatable bonds is 5. The summed E-state index contributed by atoms with van der Waals surface area (Å²) in [6.07, 6.45) is 4.46. The second-order valence-electron chi connectivity index (χ2n) is 4.51. The van der Waals surface area contributed by atoms with Crippen molar-refractivity contribution in [3.63, 3.8) is 0 Å². The maximum atomic E-state index is 13.2. The summed E-state index contributed by atoms with van der Waals surface area (Å²) in [5.41, 5.74) is 6.46. The van der Waals surface area contributed by atoms with Crippen LogP contribution in [0.4, 0.5) is 4.39 Å². The largest absolute Gasteiger partial charge is 0.454 e. The molecule has 0 spiro atoms. The van der Waals surface area contributed by atoms with Gasteiger partial charge in [0.15, 0.2) is 5.75 Å². The molecular weight excluding hydrogens is 245 g/mol. The fraction of sp³-hybridized carbons (Fsp3) is 0.357. The third-order valence-electron chi connectivity index (χ3n) is 2.75. The molecule has 1 heterocycles. The van der Waals surface area contributed by atoms with Crippen molar-refractivity contribution in [3.8, 4) is 11.5 Å². The fourth-order valence-corrected chi connectivity index (χ4v) is 1.84. The van der Waals surface area contributed by atoms with Gasteiger partial charge in [-0.1, -0.05) is 6.92 Å². The Hall–Kier alpha value is -1.88. The highest BCUT2D eigenvalue weighted by Crippen LogP contribution is 2.29. The maximum Gasteiger partial charge on any atom is 0.165 e. The molecule has 0 aliphatic rings. The lowest BCUT2D eigenvalue weighted by Crippen LogP contribution is -2.07. The number of hydrogen-bond acceptors (Lipinski definition) is 3. The van der Waals surface area contributed by atoms with Gasteiger partial charge in [-0.3, -0.25) is 4.68 Å². The SMILES string of the molecule is CCCn1cc(Oc2ccc(F)cc2[C@@H](C)N)cn1. The van der Waals surface area contributed by atoms with Crippen LogP contribution in [0.1, 0.15) is 31.9 Å². The summed E-state index contributed by atoms with van der Waals surface area (Å²) in [4.78, 5) is 0. The van der Waals surface area contributed by atoms with Gasteiger partial charge in [0.25, 0.3) is 0 Å². The molecule has 1 aromatic heterocycles. The van der Waals surface area contributed by atoms with Gasteiger partial charge in [-0.15, -0.1) is 0 Å². The van der Waals surface area contributed by atoms with E-state index in [1.807, 2.05) is 10.9 Å². The summed E-state index contributed by atoms with van der Waals surface area (Å²) >= 11 is 0. The van der Waals surface area contributed by atoms with Crippen LogP contribution >= 0.6 is 0 Å². The van der Waals surface area contributed by atoms with E-state index in [4.69, 9.17) is 10.5 Å². The van der Waals surface area contributed by atoms with Gasteiger partial charge in [-0.05, 0) is 31.5 Å². The van der Waals surface area contributed by atoms with Gasteiger partial charge in [0, 0.05) is 18.2 Å². The van der Waals surface area contributed by atoms with Crippen LogP contribution in [0.3, 0.4) is 0 Å². The van der Waals surface area contributed by atoms with Crippen LogP contribution in [0, 0.1) is 5.82 Å². The minimum Gasteiger partial charge on any atom is -0.454 e. The highest BCUT2D eigenvalue weighted by Gasteiger charge is 2.11. The van der Waals surface area contributed by atoms with Crippen molar-refractivity contribution in [2.75, 3.05) is 0 Å². The number of ether oxygens (including phenoxy) is 1. The molecule has 0 amide bonds. The molecule has 0 aliphatic carbocycles. The molecule has 0 saturated heterocycles. The van der Waals surface area contributed by atoms with Crippen LogP contribution in [-0.2, 0) is 6.54 Å². The van der Waals surface area contributed by atoms with Gasteiger partial charge in [0.05, 0.1) is 12.4 Å². The number of aromatic nitrogens is 2. The van der Waals surface area contributed by atoms with E-state index in [1.165, 1.54) is 12.1 Å². The number of aryl methyl sites for hydroxylation is 1. The molecule has 102 valence electrons. The monoisotopic (exact) mass is 263 g/mol. The molecule has 0 saturated carbocycles. The van der Waals surface area contributed by atoms with E-state index in [2.05, 4.69) is 12.0 Å². The highest BCUT2D eigenvalue weighted by molar-refractivity contribution is 5.38. The predicted octanol–water partition coefficient (Wildman–Crippen LogP) is 3.24. The van der Waals surface area contributed by atoms with Crippen LogP contribution in [0.5, 0.6) is 11.5 Å². The Morgan fingerprint density at radius 3 is 2.95 bits per heavy atom. The fourth-order valence-electron chi connectivity index (χ4n) is 1.84. The Balaban J connectivity index is 2.22. The lowest BCUT2D eigenvalue weighted by atomic mass is 10.1. The Morgan fingerprint density at radius 1 is 1.47 bits per heavy atom. The first-order valence-corrected chi connectivity index (χ1v) is 6.35. The molecule has 19 heavy (non-hydrogen) atoms. The number of hydrogen-bond donors (Lipinski definition) is 1. The normalized spacial score (nSPS) is 12.4. The topological polar surface area (TPSA) is 53.1 Å². The Morgan fingerprint density at radius 2 is 2.26 bits per heavy atom. The van der Waals surface area contributed by atoms with Crippen LogP contribution in [0.15, 0.2) is 30.6 Å². The number of benzene rings is 1. The third kappa shape index (κ3) is 3.32. The van der Waals surface area contributed by atoms with Crippen LogP contribution in [0.2, 0.25) is 0 Å². The molecular formula is C14H18FN3O. The van der Waals surface area contributed by atoms with E-state index in [0.29, 0.717) is 17.1 Å². The van der Waals surface area contributed by atoms with Crippen molar-refractivity contribution in [1.82, 2.24) is 9.78 Å². The quantitative estimate of drug-likeness (QED) is 0.901. The molecule has 1 atom stereocenters. The lowest BCUT2D eigenvalue weighted by Gasteiger charge is -2.12. The molecule has 1 aromatic carbocycles. The summed E-state index contributed by atoms with van der Waals surface area (Å²) in [7, 11) is 0. The highest BCUT2D eigenvalue weighted by atomic mass is 19.1. The second-order valence-corrected chi connectivity index (χ2v) is 4.51. The van der Waals surface area contributed by atoms with E-state index in [1.54, 1.807) is 19.2 Å². The zero-order valence-electron chi connectivity index (χ0n) is 11.1. The van der Waals surface area contributed by atoms with Crippen LogP contribution in [0.25, 0.3) is 0 Å². The van der Waals surface area contributed by atoms with Gasteiger partial charge in [0.1, 0.15) is 11.6 Å². The Kier molecular flexibility index (Phi) is 4.16. The summed E-state index contributed by atoms with van der Waals surface area (Å²) in [5.74, 6) is 0.871. The molecule has 5 heteroatoms. The standard InChI is InChI=1S/C14H18FN3O/c1-3-6-18-9-12(8-17-18)19-14-5-4-11(15)7-13(14)10(2)16/h4-5,7-10H,3,6,16H2,1-2H3/t10-/m1/s1. The number of halogens is 1. The van der Waals surface area contributed by atoms with E-state index >= 15 is 0 Å². The molecule has 0 radical (unpaired) electrons. The summed E-state index contributed by atoms with van der Waals surface area (Å²) in [5, 5.41) is 4.18. The van der Waals surface area contributed by atoms with Crippen LogP contribution in [-0.4, -0.2) is 9.78 Å². The summed E-state index contributed by atoms with van der Waals surface area (Å²) in [6.45, 7) is 4.71. The van der Waals surface area contributed by atoms with Gasteiger partial charge in [-0.25, -0.2) is 4.39 Å². The van der Waals surface area contributed by atoms with E-state index < -0.39 is 0 Å². The molecule has 4 nitrogen and oxygen atoms in total. The molecule has 0 bridgehead atoms. The number of nitrogens with zero attached hydrogens (tertiary/aromatic N) is 2. The summed E-state index contributed by atoms with van der Waals surface area (Å²) < 4.78 is 20.8.